The van der Waals surface area contributed by atoms with Gasteiger partial charge in [-0.25, -0.2) is 0 Å². The summed E-state index contributed by atoms with van der Waals surface area (Å²) < 4.78 is 14.8. The van der Waals surface area contributed by atoms with Crippen LogP contribution in [0.1, 0.15) is 58.4 Å². The molecule has 4 nitrogen and oxygen atoms in total. The first kappa shape index (κ1) is 54.0. The molecule has 0 unspecified atom stereocenters. The molecule has 1 aliphatic carbocycles. The van der Waals surface area contributed by atoms with Crippen molar-refractivity contribution in [3.63, 3.8) is 0 Å². The number of aryl methyl sites for hydroxylation is 4. The molecule has 91 heavy (non-hydrogen) atoms. The molecule has 14 aromatic carbocycles. The molecule has 0 bridgehead atoms. The van der Waals surface area contributed by atoms with Crippen LogP contribution in [0.25, 0.3) is 98.8 Å². The Morgan fingerprint density at radius 2 is 0.615 bits per heavy atom. The molecular formula is C87H64N2O2. The Labute approximate surface area is 530 Å². The van der Waals surface area contributed by atoms with E-state index in [1.807, 2.05) is 0 Å². The average molecular weight is 1170 g/mol. The van der Waals surface area contributed by atoms with E-state index in [0.717, 1.165) is 124 Å². The highest BCUT2D eigenvalue weighted by atomic mass is 16.3. The van der Waals surface area contributed by atoms with Crippen molar-refractivity contribution in [2.24, 2.45) is 0 Å². The van der Waals surface area contributed by atoms with Gasteiger partial charge in [0.25, 0.3) is 0 Å². The van der Waals surface area contributed by atoms with Gasteiger partial charge in [-0.3, -0.25) is 0 Å². The van der Waals surface area contributed by atoms with Crippen LogP contribution in [0.2, 0.25) is 0 Å². The summed E-state index contributed by atoms with van der Waals surface area (Å²) in [5.41, 5.74) is 25.3. The van der Waals surface area contributed by atoms with Crippen LogP contribution in [-0.2, 0) is 18.3 Å². The number of para-hydroxylation sites is 4. The zero-order valence-corrected chi connectivity index (χ0v) is 51.3. The summed E-state index contributed by atoms with van der Waals surface area (Å²) in [6.45, 7) is 8.82. The lowest BCUT2D eigenvalue weighted by molar-refractivity contribution is 0.670. The number of benzene rings is 14. The number of nitrogens with zero attached hydrogens (tertiary/aromatic N) is 2. The Bertz CT molecular complexity index is 5180. The van der Waals surface area contributed by atoms with E-state index in [-0.39, 0.29) is 0 Å². The van der Waals surface area contributed by atoms with E-state index >= 15 is 0 Å². The molecule has 0 saturated heterocycles. The van der Waals surface area contributed by atoms with Crippen molar-refractivity contribution in [2.45, 2.75) is 46.0 Å². The van der Waals surface area contributed by atoms with Crippen molar-refractivity contribution in [3.05, 3.63) is 336 Å². The molecule has 2 aromatic heterocycles. The molecule has 0 radical (unpaired) electrons. The second-order valence-electron chi connectivity index (χ2n) is 24.4. The maximum Gasteiger partial charge on any atom is 0.159 e. The summed E-state index contributed by atoms with van der Waals surface area (Å²) in [6.07, 6.45) is 1.86. The minimum absolute atomic E-state index is 0.830. The second kappa shape index (κ2) is 21.5. The molecule has 4 heteroatoms. The Balaban J connectivity index is 0.985. The highest BCUT2D eigenvalue weighted by molar-refractivity contribution is 6.21. The molecular weight excluding hydrogens is 1100 g/mol. The first-order valence-corrected chi connectivity index (χ1v) is 31.9. The molecule has 17 rings (SSSR count). The zero-order chi connectivity index (χ0) is 60.9. The minimum atomic E-state index is -0.859. The van der Waals surface area contributed by atoms with Gasteiger partial charge >= 0.3 is 0 Å². The predicted molar refractivity (Wildman–Crippen MR) is 382 cm³/mol. The lowest BCUT2D eigenvalue weighted by Crippen LogP contribution is -2.29. The van der Waals surface area contributed by atoms with Gasteiger partial charge in [-0.1, -0.05) is 257 Å². The van der Waals surface area contributed by atoms with E-state index in [2.05, 4.69) is 329 Å². The third-order valence-electron chi connectivity index (χ3n) is 19.6. The molecule has 16 aromatic rings. The van der Waals surface area contributed by atoms with Crippen molar-refractivity contribution < 1.29 is 8.83 Å². The van der Waals surface area contributed by atoms with Crippen molar-refractivity contribution in [3.8, 4) is 33.4 Å². The smallest absolute Gasteiger partial charge is 0.159 e. The maximum absolute atomic E-state index is 7.42. The van der Waals surface area contributed by atoms with E-state index in [1.54, 1.807) is 0 Å². The van der Waals surface area contributed by atoms with Gasteiger partial charge in [0.15, 0.2) is 11.2 Å². The van der Waals surface area contributed by atoms with Gasteiger partial charge in [0.05, 0.1) is 28.2 Å². The van der Waals surface area contributed by atoms with Crippen LogP contribution in [0.3, 0.4) is 0 Å². The predicted octanol–water partition coefficient (Wildman–Crippen LogP) is 24.2. The van der Waals surface area contributed by atoms with Crippen molar-refractivity contribution in [1.29, 1.82) is 0 Å². The molecule has 0 fully saturated rings. The average Bonchev–Trinajstić information content (AvgIpc) is 1.53. The van der Waals surface area contributed by atoms with Gasteiger partial charge in [-0.05, 0) is 153 Å². The number of hydrogen-bond acceptors (Lipinski definition) is 4. The standard InChI is InChI=1S/C87H64N2O2/c1-5-57-45-49-61(50-46-57)88(77-43-23-41-73-71-39-21-37-69(83(71)90-85(73)77)63-31-15-13-25-55(63)3)79-53-75-81(67-35-19-17-33-65(67)79)82-68-36-20-18-34-66(68)80(54-76(82)87(75,59-27-9-7-10-28-59)60-29-11-8-12-30-60)89(62-51-47-58(6-2)48-52-62)78-44-24-42-74-72-40-22-38-70(84(72)91-86(74)78)64-32-16-14-26-56(64)4/h7-54H,5-6H2,1-4H3. The molecule has 1 aliphatic rings. The van der Waals surface area contributed by atoms with Crippen molar-refractivity contribution in [1.82, 2.24) is 0 Å². The van der Waals surface area contributed by atoms with Crippen LogP contribution in [-0.4, -0.2) is 0 Å². The molecule has 0 spiro atoms. The third-order valence-corrected chi connectivity index (χ3v) is 19.6. The largest absolute Gasteiger partial charge is 0.453 e. The quantitative estimate of drug-likeness (QED) is 0.122. The van der Waals surface area contributed by atoms with Gasteiger partial charge in [-0.15, -0.1) is 0 Å². The molecule has 0 saturated carbocycles. The molecule has 2 heterocycles. The number of fused-ring (bicyclic) bond motifs is 13. The van der Waals surface area contributed by atoms with E-state index < -0.39 is 5.41 Å². The van der Waals surface area contributed by atoms with E-state index in [4.69, 9.17) is 8.83 Å². The third kappa shape index (κ3) is 8.29. The Hall–Kier alpha value is -11.2. The lowest BCUT2D eigenvalue weighted by atomic mass is 9.67. The molecule has 0 aliphatic heterocycles. The molecule has 434 valence electrons. The Morgan fingerprint density at radius 3 is 1.01 bits per heavy atom. The van der Waals surface area contributed by atoms with Gasteiger partial charge in [0.2, 0.25) is 0 Å². The normalized spacial score (nSPS) is 12.6. The van der Waals surface area contributed by atoms with Crippen LogP contribution in [0.15, 0.2) is 300 Å². The van der Waals surface area contributed by atoms with Gasteiger partial charge in [0, 0.05) is 54.8 Å². The first-order valence-electron chi connectivity index (χ1n) is 31.9. The minimum Gasteiger partial charge on any atom is -0.453 e. The second-order valence-corrected chi connectivity index (χ2v) is 24.4. The highest BCUT2D eigenvalue weighted by Crippen LogP contribution is 2.63. The van der Waals surface area contributed by atoms with Crippen LogP contribution in [0.5, 0.6) is 0 Å². The van der Waals surface area contributed by atoms with Gasteiger partial charge in [0.1, 0.15) is 11.2 Å². The topological polar surface area (TPSA) is 32.8 Å². The Kier molecular flexibility index (Phi) is 12.8. The fourth-order valence-corrected chi connectivity index (χ4v) is 15.2. The van der Waals surface area contributed by atoms with Crippen molar-refractivity contribution in [2.75, 3.05) is 9.80 Å². The van der Waals surface area contributed by atoms with E-state index in [9.17, 15) is 0 Å². The van der Waals surface area contributed by atoms with Crippen LogP contribution >= 0.6 is 0 Å². The van der Waals surface area contributed by atoms with E-state index in [0.29, 0.717) is 0 Å². The Morgan fingerprint density at radius 1 is 0.286 bits per heavy atom. The van der Waals surface area contributed by atoms with E-state index in [1.165, 1.54) is 66.4 Å². The van der Waals surface area contributed by atoms with Gasteiger partial charge < -0.3 is 18.6 Å². The molecule has 0 atom stereocenters. The maximum atomic E-state index is 7.42. The number of rotatable bonds is 12. The van der Waals surface area contributed by atoms with Crippen LogP contribution in [0.4, 0.5) is 34.1 Å². The monoisotopic (exact) mass is 1170 g/mol. The van der Waals surface area contributed by atoms with Crippen molar-refractivity contribution >= 4 is 99.5 Å². The number of furan rings is 2. The highest BCUT2D eigenvalue weighted by Gasteiger charge is 2.49. The zero-order valence-electron chi connectivity index (χ0n) is 51.3. The summed E-state index contributed by atoms with van der Waals surface area (Å²) in [5.74, 6) is 0. The number of hydrogen-bond donors (Lipinski definition) is 0. The van der Waals surface area contributed by atoms with Gasteiger partial charge in [-0.2, -0.15) is 0 Å². The number of anilines is 6. The van der Waals surface area contributed by atoms with Crippen LogP contribution < -0.4 is 9.80 Å². The molecule has 0 amide bonds. The van der Waals surface area contributed by atoms with Crippen LogP contribution in [0, 0.1) is 13.8 Å². The fraction of sp³-hybridized carbons (Fsp3) is 0.0805. The summed E-state index contributed by atoms with van der Waals surface area (Å²) in [5, 5.41) is 8.90. The SMILES string of the molecule is CCc1ccc(N(c2cc3c(c4ccccc24)-c2c(cc(N(c4ccc(CC)cc4)c4cccc5c4oc4c(-c6ccccc6C)cccc45)c4ccccc24)C3(c2ccccc2)c2ccccc2)c2cccc3c2oc2c(-c4ccccc4C)cccc23)cc1. The summed E-state index contributed by atoms with van der Waals surface area (Å²) in [6, 6.07) is 108. The summed E-state index contributed by atoms with van der Waals surface area (Å²) >= 11 is 0. The summed E-state index contributed by atoms with van der Waals surface area (Å²) in [4.78, 5) is 4.96. The fourth-order valence-electron chi connectivity index (χ4n) is 15.2. The lowest BCUT2D eigenvalue weighted by Gasteiger charge is -2.36. The first-order chi connectivity index (χ1) is 44.9. The molecule has 0 N–H and O–H groups in total. The summed E-state index contributed by atoms with van der Waals surface area (Å²) in [7, 11) is 0.